The van der Waals surface area contributed by atoms with E-state index in [4.69, 9.17) is 15.7 Å². The summed E-state index contributed by atoms with van der Waals surface area (Å²) in [5.41, 5.74) is 1.98. The first-order valence-electron chi connectivity index (χ1n) is 11.8. The smallest absolute Gasteiger partial charge is 0.246 e. The molecule has 1 N–H and O–H groups in total. The fraction of sp³-hybridized carbons (Fsp3) is 0.360. The summed E-state index contributed by atoms with van der Waals surface area (Å²) in [6, 6.07) is 11.1. The normalized spacial score (nSPS) is 23.7. The lowest BCUT2D eigenvalue weighted by Crippen LogP contribution is -2.40. The minimum atomic E-state index is -2.60. The molecule has 2 amide bonds. The predicted octanol–water partition coefficient (Wildman–Crippen LogP) is 4.63. The van der Waals surface area contributed by atoms with Gasteiger partial charge in [-0.1, -0.05) is 36.4 Å². The van der Waals surface area contributed by atoms with Gasteiger partial charge in [0.05, 0.1) is 11.0 Å². The molecule has 4 rings (SSSR count). The van der Waals surface area contributed by atoms with Crippen LogP contribution in [0.3, 0.4) is 0 Å². The van der Waals surface area contributed by atoms with E-state index in [1.807, 2.05) is 31.2 Å². The van der Waals surface area contributed by atoms with Gasteiger partial charge in [-0.25, -0.2) is 0 Å². The van der Waals surface area contributed by atoms with Crippen LogP contribution >= 0.6 is 11.6 Å². The number of amides is 2. The van der Waals surface area contributed by atoms with Crippen molar-refractivity contribution in [1.82, 2.24) is 4.90 Å². The van der Waals surface area contributed by atoms with Crippen LogP contribution in [-0.2, 0) is 20.5 Å². The molecular weight excluding hydrogens is 410 g/mol. The standard InChI is InChI=1S/C25H28ClN3O2/c1-6-22(30)29-13-12-25(15-29,18-8-7-9-20(26)16(18)2)27-17-10-11-19-21(14-17)28(5)23(31)24(19,3)4/h6-11,14,27H,1,12-13,15H2,2-5H3/t25-/m1/s1/i5D3. The second-order valence-electron chi connectivity index (χ2n) is 8.83. The van der Waals surface area contributed by atoms with E-state index in [9.17, 15) is 9.59 Å². The molecule has 1 saturated heterocycles. The zero-order chi connectivity index (χ0) is 25.1. The van der Waals surface area contributed by atoms with Crippen LogP contribution in [0.5, 0.6) is 0 Å². The lowest BCUT2D eigenvalue weighted by atomic mass is 9.84. The van der Waals surface area contributed by atoms with Crippen molar-refractivity contribution in [1.29, 1.82) is 0 Å². The maximum absolute atomic E-state index is 13.0. The summed E-state index contributed by atoms with van der Waals surface area (Å²) in [6.45, 7) is 7.35. The number of nitrogens with zero attached hydrogens (tertiary/aromatic N) is 2. The van der Waals surface area contributed by atoms with Crippen LogP contribution in [-0.4, -0.2) is 36.8 Å². The summed E-state index contributed by atoms with van der Waals surface area (Å²) in [6.07, 6.45) is 1.93. The van der Waals surface area contributed by atoms with E-state index < -0.39 is 23.8 Å². The largest absolute Gasteiger partial charge is 0.374 e. The highest BCUT2D eigenvalue weighted by Gasteiger charge is 2.44. The van der Waals surface area contributed by atoms with Crippen molar-refractivity contribution in [3.05, 3.63) is 70.8 Å². The number of likely N-dealkylation sites (tertiary alicyclic amines) is 1. The van der Waals surface area contributed by atoms with Crippen LogP contribution in [0.1, 0.15) is 41.1 Å². The molecule has 2 aromatic rings. The number of halogens is 1. The number of rotatable bonds is 4. The van der Waals surface area contributed by atoms with Crippen LogP contribution in [0.15, 0.2) is 49.1 Å². The van der Waals surface area contributed by atoms with E-state index in [1.54, 1.807) is 30.9 Å². The van der Waals surface area contributed by atoms with Gasteiger partial charge in [-0.2, -0.15) is 0 Å². The number of hydrogen-bond donors (Lipinski definition) is 1. The van der Waals surface area contributed by atoms with Crippen LogP contribution in [0.25, 0.3) is 0 Å². The van der Waals surface area contributed by atoms with E-state index >= 15 is 0 Å². The molecule has 31 heavy (non-hydrogen) atoms. The van der Waals surface area contributed by atoms with E-state index in [-0.39, 0.29) is 5.91 Å². The Bertz CT molecular complexity index is 1190. The molecule has 0 aliphatic carbocycles. The van der Waals surface area contributed by atoms with E-state index in [0.29, 0.717) is 41.5 Å². The lowest BCUT2D eigenvalue weighted by molar-refractivity contribution is -0.125. The Hall–Kier alpha value is -2.79. The van der Waals surface area contributed by atoms with Gasteiger partial charge >= 0.3 is 0 Å². The second kappa shape index (κ2) is 7.41. The summed E-state index contributed by atoms with van der Waals surface area (Å²) in [5.74, 6) is -0.609. The Morgan fingerprint density at radius 3 is 2.77 bits per heavy atom. The SMILES string of the molecule is [2H]C([2H])([2H])N1C(=O)C(C)(C)c2ccc(N[C@]3(c4cccc(Cl)c4C)CCN(C(=O)C=C)C3)cc21. The third kappa shape index (κ3) is 3.32. The minimum Gasteiger partial charge on any atom is -0.374 e. The van der Waals surface area contributed by atoms with Gasteiger partial charge in [0.2, 0.25) is 11.8 Å². The Morgan fingerprint density at radius 2 is 2.06 bits per heavy atom. The van der Waals surface area contributed by atoms with Gasteiger partial charge in [-0.3, -0.25) is 9.59 Å². The maximum Gasteiger partial charge on any atom is 0.246 e. The van der Waals surface area contributed by atoms with Gasteiger partial charge in [0.1, 0.15) is 0 Å². The molecular formula is C25H28ClN3O2. The average Bonchev–Trinajstić information content (AvgIpc) is 3.27. The first kappa shape index (κ1) is 17.8. The molecule has 0 bridgehead atoms. The summed E-state index contributed by atoms with van der Waals surface area (Å²) >= 11 is 6.45. The van der Waals surface area contributed by atoms with Crippen LogP contribution in [0.2, 0.25) is 5.02 Å². The summed E-state index contributed by atoms with van der Waals surface area (Å²) < 4.78 is 23.8. The van der Waals surface area contributed by atoms with Crippen molar-refractivity contribution in [2.45, 2.75) is 38.1 Å². The number of nitrogens with one attached hydrogen (secondary N) is 1. The van der Waals surface area contributed by atoms with Gasteiger partial charge in [0.15, 0.2) is 0 Å². The van der Waals surface area contributed by atoms with Crippen molar-refractivity contribution >= 4 is 34.8 Å². The molecule has 2 aromatic carbocycles. The number of benzene rings is 2. The van der Waals surface area contributed by atoms with Crippen molar-refractivity contribution in [2.75, 3.05) is 30.3 Å². The molecule has 0 spiro atoms. The third-order valence-corrected chi connectivity index (χ3v) is 6.98. The van der Waals surface area contributed by atoms with Crippen molar-refractivity contribution in [3.8, 4) is 0 Å². The van der Waals surface area contributed by atoms with Crippen LogP contribution < -0.4 is 10.2 Å². The van der Waals surface area contributed by atoms with Crippen LogP contribution in [0.4, 0.5) is 11.4 Å². The monoisotopic (exact) mass is 440 g/mol. The molecule has 6 heteroatoms. The molecule has 2 heterocycles. The number of fused-ring (bicyclic) bond motifs is 1. The molecule has 0 radical (unpaired) electrons. The average molecular weight is 441 g/mol. The number of hydrogen-bond acceptors (Lipinski definition) is 3. The highest BCUT2D eigenvalue weighted by atomic mass is 35.5. The number of carbonyl (C=O) groups is 2. The number of carbonyl (C=O) groups excluding carboxylic acids is 2. The van der Waals surface area contributed by atoms with E-state index in [2.05, 4.69) is 11.9 Å². The van der Waals surface area contributed by atoms with Gasteiger partial charge < -0.3 is 15.1 Å². The second-order valence-corrected chi connectivity index (χ2v) is 9.24. The van der Waals surface area contributed by atoms with Crippen molar-refractivity contribution in [3.63, 3.8) is 0 Å². The maximum atomic E-state index is 13.0. The molecule has 2 aliphatic heterocycles. The first-order chi connectivity index (χ1) is 15.8. The Labute approximate surface area is 192 Å². The molecule has 2 aliphatic rings. The summed E-state index contributed by atoms with van der Waals surface area (Å²) in [4.78, 5) is 28.0. The fourth-order valence-corrected chi connectivity index (χ4v) is 4.92. The van der Waals surface area contributed by atoms with E-state index in [0.717, 1.165) is 16.0 Å². The van der Waals surface area contributed by atoms with Gasteiger partial charge in [-0.05, 0) is 68.2 Å². The zero-order valence-corrected chi connectivity index (χ0v) is 18.7. The Balaban J connectivity index is 1.81. The highest BCUT2D eigenvalue weighted by molar-refractivity contribution is 6.31. The zero-order valence-electron chi connectivity index (χ0n) is 21.0. The van der Waals surface area contributed by atoms with Crippen molar-refractivity contribution in [2.24, 2.45) is 0 Å². The lowest BCUT2D eigenvalue weighted by Gasteiger charge is -2.34. The van der Waals surface area contributed by atoms with Gasteiger partial charge in [0, 0.05) is 40.6 Å². The highest BCUT2D eigenvalue weighted by Crippen LogP contribution is 2.44. The third-order valence-electron chi connectivity index (χ3n) is 6.57. The molecule has 1 atom stereocenters. The fourth-order valence-electron chi connectivity index (χ4n) is 4.75. The molecule has 5 nitrogen and oxygen atoms in total. The van der Waals surface area contributed by atoms with Gasteiger partial charge in [0.25, 0.3) is 0 Å². The van der Waals surface area contributed by atoms with Crippen molar-refractivity contribution < 1.29 is 13.7 Å². The molecule has 162 valence electrons. The Morgan fingerprint density at radius 1 is 1.29 bits per heavy atom. The first-order valence-corrected chi connectivity index (χ1v) is 10.6. The Kier molecular flexibility index (Phi) is 4.27. The predicted molar refractivity (Wildman–Crippen MR) is 126 cm³/mol. The minimum absolute atomic E-state index is 0.154. The number of anilines is 2. The van der Waals surface area contributed by atoms with Crippen LogP contribution in [0, 0.1) is 6.92 Å². The molecule has 1 fully saturated rings. The van der Waals surface area contributed by atoms with E-state index in [1.165, 1.54) is 6.08 Å². The summed E-state index contributed by atoms with van der Waals surface area (Å²) in [5, 5.41) is 4.21. The molecule has 0 unspecified atom stereocenters. The number of likely N-dealkylation sites (N-methyl/N-ethyl adjacent to an activating group) is 1. The molecule has 0 aromatic heterocycles. The topological polar surface area (TPSA) is 52.7 Å². The van der Waals surface area contributed by atoms with Gasteiger partial charge in [-0.15, -0.1) is 0 Å². The summed E-state index contributed by atoms with van der Waals surface area (Å²) in [7, 11) is 0. The quantitative estimate of drug-likeness (QED) is 0.705. The molecule has 0 saturated carbocycles.